The standard InChI is InChI=1S/C33H33BF6INO6/c1-4-5-17(9-18-10-24(41)29(43)26(11-18)47-3)6-7-25-27-16(2)8-22-28(23(27)15-34(46)48-25)31(45)42(30(22)44)21-13-19(32(35,36)37)12-20(14-21)33(38,39)40/h9-14,22-23,25,28,43,46H,4-8,15H2,1-3H3/b17-9+/t22-,23+,25-,28-/m1/s1. The molecule has 1 aliphatic carbocycles. The van der Waals surface area contributed by atoms with Crippen LogP contribution in [-0.2, 0) is 26.6 Å². The van der Waals surface area contributed by atoms with E-state index >= 15 is 0 Å². The van der Waals surface area contributed by atoms with E-state index in [1.54, 1.807) is 13.0 Å². The Balaban J connectivity index is 1.44. The molecule has 2 aromatic carbocycles. The molecule has 2 N–H and O–H groups in total. The molecule has 0 saturated carbocycles. The van der Waals surface area contributed by atoms with Crippen LogP contribution in [0.3, 0.4) is 0 Å². The van der Waals surface area contributed by atoms with Crippen molar-refractivity contribution in [3.63, 3.8) is 0 Å². The number of carbonyl (C=O) groups excluding carboxylic acids is 2. The Morgan fingerprint density at radius 2 is 1.69 bits per heavy atom. The van der Waals surface area contributed by atoms with Crippen molar-refractivity contribution < 1.29 is 55.5 Å². The highest BCUT2D eigenvalue weighted by Gasteiger charge is 2.57. The van der Waals surface area contributed by atoms with Crippen molar-refractivity contribution in [1.29, 1.82) is 0 Å². The Hall–Kier alpha value is -3.05. The molecule has 2 saturated heterocycles. The summed E-state index contributed by atoms with van der Waals surface area (Å²) in [5.41, 5.74) is -0.724. The summed E-state index contributed by atoms with van der Waals surface area (Å²) < 4.78 is 93.5. The topological polar surface area (TPSA) is 96.3 Å². The monoisotopic (exact) mass is 791 g/mol. The molecule has 2 heterocycles. The van der Waals surface area contributed by atoms with Crippen molar-refractivity contribution in [2.45, 2.75) is 70.7 Å². The number of phenols is 1. The average molecular weight is 791 g/mol. The third-order valence-electron chi connectivity index (χ3n) is 9.22. The van der Waals surface area contributed by atoms with Gasteiger partial charge in [-0.25, -0.2) is 4.90 Å². The smallest absolute Gasteiger partial charge is 0.455 e. The van der Waals surface area contributed by atoms with Crippen LogP contribution in [-0.4, -0.2) is 42.3 Å². The van der Waals surface area contributed by atoms with Crippen LogP contribution in [0, 0.1) is 21.3 Å². The second-order valence-electron chi connectivity index (χ2n) is 12.4. The van der Waals surface area contributed by atoms with Crippen molar-refractivity contribution in [2.75, 3.05) is 12.0 Å². The lowest BCUT2D eigenvalue weighted by Crippen LogP contribution is -2.46. The first-order chi connectivity index (χ1) is 22.4. The number of aromatic hydroxyl groups is 1. The van der Waals surface area contributed by atoms with E-state index in [1.165, 1.54) is 7.11 Å². The number of hydrogen-bond donors (Lipinski definition) is 2. The summed E-state index contributed by atoms with van der Waals surface area (Å²) in [5, 5.41) is 21.0. The number of anilines is 1. The number of benzene rings is 2. The number of methoxy groups -OCH3 is 1. The van der Waals surface area contributed by atoms with E-state index in [1.807, 2.05) is 41.7 Å². The number of phenolic OH excluding ortho intramolecular Hbond substituents is 1. The number of imide groups is 1. The molecule has 2 aromatic rings. The number of fused-ring (bicyclic) bond motifs is 3. The van der Waals surface area contributed by atoms with E-state index in [9.17, 15) is 46.1 Å². The van der Waals surface area contributed by atoms with Crippen LogP contribution in [0.25, 0.3) is 6.08 Å². The van der Waals surface area contributed by atoms with Crippen molar-refractivity contribution in [1.82, 2.24) is 0 Å². The number of rotatable bonds is 8. The minimum Gasteiger partial charge on any atom is -0.504 e. The van der Waals surface area contributed by atoms with Gasteiger partial charge in [-0.05, 0) is 109 Å². The van der Waals surface area contributed by atoms with Crippen LogP contribution in [0.1, 0.15) is 62.6 Å². The summed E-state index contributed by atoms with van der Waals surface area (Å²) in [6.45, 7) is 3.79. The summed E-state index contributed by atoms with van der Waals surface area (Å²) in [5.74, 6) is -4.21. The van der Waals surface area contributed by atoms with Gasteiger partial charge < -0.3 is 19.5 Å². The highest BCUT2D eigenvalue weighted by molar-refractivity contribution is 14.1. The van der Waals surface area contributed by atoms with Gasteiger partial charge in [0.25, 0.3) is 0 Å². The van der Waals surface area contributed by atoms with Crippen molar-refractivity contribution in [3.05, 3.63) is 67.3 Å². The fourth-order valence-corrected chi connectivity index (χ4v) is 7.84. The van der Waals surface area contributed by atoms with E-state index in [-0.39, 0.29) is 24.6 Å². The zero-order valence-corrected chi connectivity index (χ0v) is 28.4. The minimum atomic E-state index is -5.16. The van der Waals surface area contributed by atoms with Gasteiger partial charge in [0, 0.05) is 0 Å². The lowest BCUT2D eigenvalue weighted by molar-refractivity contribution is -0.143. The highest BCUT2D eigenvalue weighted by atomic mass is 127. The van der Waals surface area contributed by atoms with Gasteiger partial charge in [-0.15, -0.1) is 0 Å². The van der Waals surface area contributed by atoms with E-state index in [0.29, 0.717) is 39.2 Å². The molecular formula is C33H33BF6INO6. The summed E-state index contributed by atoms with van der Waals surface area (Å²) >= 11 is 2.01. The van der Waals surface area contributed by atoms with Crippen LogP contribution in [0.5, 0.6) is 11.5 Å². The fourth-order valence-electron chi connectivity index (χ4n) is 7.22. The van der Waals surface area contributed by atoms with E-state index in [2.05, 4.69) is 0 Å². The Labute approximate surface area is 287 Å². The highest BCUT2D eigenvalue weighted by Crippen LogP contribution is 2.52. The van der Waals surface area contributed by atoms with Gasteiger partial charge in [0.2, 0.25) is 11.8 Å². The molecule has 2 aliphatic heterocycles. The molecule has 0 spiro atoms. The van der Waals surface area contributed by atoms with Gasteiger partial charge in [0.1, 0.15) is 0 Å². The van der Waals surface area contributed by atoms with Crippen LogP contribution in [0.2, 0.25) is 6.32 Å². The first-order valence-electron chi connectivity index (χ1n) is 15.4. The van der Waals surface area contributed by atoms with E-state index < -0.39 is 72.0 Å². The maximum atomic E-state index is 13.9. The molecule has 2 fully saturated rings. The molecule has 5 rings (SSSR count). The van der Waals surface area contributed by atoms with Gasteiger partial charge in [0.05, 0.1) is 45.4 Å². The zero-order valence-electron chi connectivity index (χ0n) is 26.2. The maximum Gasteiger partial charge on any atom is 0.455 e. The number of halogens is 7. The summed E-state index contributed by atoms with van der Waals surface area (Å²) in [6, 6.07) is 4.25. The van der Waals surface area contributed by atoms with Crippen LogP contribution >= 0.6 is 22.6 Å². The molecule has 4 atom stereocenters. The number of hydrogen-bond acceptors (Lipinski definition) is 6. The van der Waals surface area contributed by atoms with Crippen molar-refractivity contribution in [2.24, 2.45) is 17.8 Å². The number of alkyl halides is 6. The Morgan fingerprint density at radius 1 is 1.04 bits per heavy atom. The normalized spacial score (nSPS) is 23.5. The van der Waals surface area contributed by atoms with Gasteiger partial charge in [0.15, 0.2) is 11.5 Å². The van der Waals surface area contributed by atoms with Crippen LogP contribution in [0.15, 0.2) is 47.1 Å². The molecule has 15 heteroatoms. The van der Waals surface area contributed by atoms with Crippen molar-refractivity contribution in [3.8, 4) is 11.5 Å². The van der Waals surface area contributed by atoms with Gasteiger partial charge in [-0.2, -0.15) is 26.3 Å². The molecule has 0 bridgehead atoms. The molecule has 2 amide bonds. The molecule has 3 aliphatic rings. The zero-order chi connectivity index (χ0) is 35.3. The third kappa shape index (κ3) is 7.13. The minimum absolute atomic E-state index is 0.0355. The third-order valence-corrected chi connectivity index (χ3v) is 10.0. The number of carbonyl (C=O) groups is 2. The lowest BCUT2D eigenvalue weighted by atomic mass is 9.58. The van der Waals surface area contributed by atoms with Crippen molar-refractivity contribution >= 4 is 53.3 Å². The van der Waals surface area contributed by atoms with E-state index in [0.717, 1.165) is 35.1 Å². The number of amides is 2. The Bertz CT molecular complexity index is 1640. The number of nitrogens with zero attached hydrogens (tertiary/aromatic N) is 1. The predicted octanol–water partition coefficient (Wildman–Crippen LogP) is 8.03. The van der Waals surface area contributed by atoms with Gasteiger partial charge in [-0.1, -0.05) is 30.6 Å². The lowest BCUT2D eigenvalue weighted by Gasteiger charge is -2.42. The number of allylic oxidation sites excluding steroid dienone is 2. The fraction of sp³-hybridized carbons (Fsp3) is 0.455. The van der Waals surface area contributed by atoms with Gasteiger partial charge in [-0.3, -0.25) is 9.59 Å². The van der Waals surface area contributed by atoms with Gasteiger partial charge >= 0.3 is 19.5 Å². The SMILES string of the molecule is CCC/C(=C\c1cc(I)c(O)c(OC)c1)CC[C@H]1OB(O)C[C@H]2C1=C(C)C[C@H]1C(=O)N(c3cc(C(F)(F)F)cc(C(F)(F)F)c3)C(=O)[C@H]12. The van der Waals surface area contributed by atoms with Crippen LogP contribution < -0.4 is 9.64 Å². The molecule has 0 unspecified atom stereocenters. The quantitative estimate of drug-likeness (QED) is 0.0925. The molecule has 258 valence electrons. The first-order valence-corrected chi connectivity index (χ1v) is 16.5. The Morgan fingerprint density at radius 3 is 2.27 bits per heavy atom. The summed E-state index contributed by atoms with van der Waals surface area (Å²) in [7, 11) is 0.152. The molecule has 48 heavy (non-hydrogen) atoms. The molecule has 7 nitrogen and oxygen atoms in total. The predicted molar refractivity (Wildman–Crippen MR) is 174 cm³/mol. The average Bonchev–Trinajstić information content (AvgIpc) is 3.25. The van der Waals surface area contributed by atoms with E-state index in [4.69, 9.17) is 9.39 Å². The molecule has 0 aromatic heterocycles. The Kier molecular flexibility index (Phi) is 10.3. The summed E-state index contributed by atoms with van der Waals surface area (Å²) in [4.78, 5) is 27.9. The first kappa shape index (κ1) is 36.2. The summed E-state index contributed by atoms with van der Waals surface area (Å²) in [6.07, 6.45) is -6.44. The maximum absolute atomic E-state index is 13.9. The second-order valence-corrected chi connectivity index (χ2v) is 13.6. The number of ether oxygens (including phenoxy) is 1. The van der Waals surface area contributed by atoms with Crippen LogP contribution in [0.4, 0.5) is 32.0 Å². The molecule has 0 radical (unpaired) electrons. The second kappa shape index (κ2) is 13.7. The largest absolute Gasteiger partial charge is 0.504 e. The molecular weight excluding hydrogens is 758 g/mol.